The maximum Gasteiger partial charge on any atom is 0.0120 e. The molecule has 0 nitrogen and oxygen atoms in total. The molecule has 3 rings (SSSR count). The van der Waals surface area contributed by atoms with Crippen LogP contribution in [0.3, 0.4) is 0 Å². The molecule has 0 fully saturated rings. The Morgan fingerprint density at radius 2 is 1.75 bits per heavy atom. The van der Waals surface area contributed by atoms with Crippen molar-refractivity contribution >= 4 is 16.3 Å². The summed E-state index contributed by atoms with van der Waals surface area (Å²) in [5, 5.41) is 2.80. The van der Waals surface area contributed by atoms with Crippen LogP contribution in [0.4, 0.5) is 0 Å². The smallest absolute Gasteiger partial charge is 0.0120 e. The van der Waals surface area contributed by atoms with Gasteiger partial charge in [0.1, 0.15) is 0 Å². The summed E-state index contributed by atoms with van der Waals surface area (Å²) in [5.41, 5.74) is 6.37. The van der Waals surface area contributed by atoms with Crippen LogP contribution in [-0.4, -0.2) is 0 Å². The van der Waals surface area contributed by atoms with Crippen molar-refractivity contribution in [2.45, 2.75) is 52.4 Å². The Hall–Kier alpha value is -1.56. The lowest BCUT2D eigenvalue weighted by atomic mass is 9.79. The number of benzene rings is 2. The summed E-state index contributed by atoms with van der Waals surface area (Å²) in [6, 6.07) is 13.4. The van der Waals surface area contributed by atoms with E-state index in [1.807, 2.05) is 0 Å². The summed E-state index contributed by atoms with van der Waals surface area (Å²) >= 11 is 0. The minimum atomic E-state index is 0.166. The highest BCUT2D eigenvalue weighted by molar-refractivity contribution is 5.95. The van der Waals surface area contributed by atoms with Crippen LogP contribution >= 0.6 is 0 Å². The molecule has 0 amide bonds. The van der Waals surface area contributed by atoms with Crippen LogP contribution in [0.2, 0.25) is 0 Å². The molecule has 0 N–H and O–H groups in total. The molecule has 1 aliphatic rings. The molecule has 0 aromatic heterocycles. The molecule has 104 valence electrons. The van der Waals surface area contributed by atoms with Gasteiger partial charge in [0.2, 0.25) is 0 Å². The number of hydrogen-bond donors (Lipinski definition) is 0. The van der Waals surface area contributed by atoms with Crippen LogP contribution in [0, 0.1) is 0 Å². The third-order valence-corrected chi connectivity index (χ3v) is 5.05. The van der Waals surface area contributed by atoms with E-state index in [1.165, 1.54) is 35.6 Å². The zero-order chi connectivity index (χ0) is 14.3. The van der Waals surface area contributed by atoms with Crippen LogP contribution in [0.5, 0.6) is 0 Å². The van der Waals surface area contributed by atoms with Crippen molar-refractivity contribution < 1.29 is 0 Å². The molecule has 0 saturated heterocycles. The van der Waals surface area contributed by atoms with Crippen molar-refractivity contribution in [2.24, 2.45) is 0 Å². The number of fused-ring (bicyclic) bond motifs is 3. The summed E-state index contributed by atoms with van der Waals surface area (Å²) in [6.07, 6.45) is 3.77. The van der Waals surface area contributed by atoms with E-state index in [2.05, 4.69) is 64.1 Å². The zero-order valence-electron chi connectivity index (χ0n) is 13.1. The molecule has 2 aromatic carbocycles. The summed E-state index contributed by atoms with van der Waals surface area (Å²) < 4.78 is 0. The fourth-order valence-corrected chi connectivity index (χ4v) is 3.64. The van der Waals surface area contributed by atoms with Gasteiger partial charge in [-0.05, 0) is 47.2 Å². The maximum atomic E-state index is 2.38. The zero-order valence-corrected chi connectivity index (χ0v) is 13.1. The van der Waals surface area contributed by atoms with E-state index in [0.29, 0.717) is 0 Å². The summed E-state index contributed by atoms with van der Waals surface area (Å²) in [5.74, 6) is 0. The van der Waals surface area contributed by atoms with E-state index in [0.717, 1.165) is 0 Å². The standard InChI is InChI=1S/C20H24/c1-5-6-10-16-14(2)20(3,4)19-17-11-8-7-9-15(17)12-13-18(16)19/h7-9,11-13H,5-6,10H2,1-4H3. The predicted molar refractivity (Wildman–Crippen MR) is 89.1 cm³/mol. The molecule has 0 aliphatic heterocycles. The Balaban J connectivity index is 2.25. The SMILES string of the molecule is CCCCC1=C(C)C(C)(C)c2c1ccc1ccccc21. The van der Waals surface area contributed by atoms with E-state index in [4.69, 9.17) is 0 Å². The largest absolute Gasteiger partial charge is 0.0654 e. The normalized spacial score (nSPS) is 16.8. The van der Waals surface area contributed by atoms with Gasteiger partial charge in [0.15, 0.2) is 0 Å². The van der Waals surface area contributed by atoms with Crippen molar-refractivity contribution in [3.63, 3.8) is 0 Å². The highest BCUT2D eigenvalue weighted by atomic mass is 14.4. The van der Waals surface area contributed by atoms with Crippen LogP contribution in [0.1, 0.15) is 58.1 Å². The third kappa shape index (κ3) is 1.82. The van der Waals surface area contributed by atoms with Gasteiger partial charge in [0.05, 0.1) is 0 Å². The van der Waals surface area contributed by atoms with Crippen molar-refractivity contribution in [3.05, 3.63) is 53.1 Å². The summed E-state index contributed by atoms with van der Waals surface area (Å²) in [6.45, 7) is 9.37. The average molecular weight is 264 g/mol. The maximum absolute atomic E-state index is 2.38. The second-order valence-corrected chi connectivity index (χ2v) is 6.54. The van der Waals surface area contributed by atoms with Crippen LogP contribution in [-0.2, 0) is 5.41 Å². The summed E-state index contributed by atoms with van der Waals surface area (Å²) in [7, 11) is 0. The molecule has 2 aromatic rings. The molecule has 0 spiro atoms. The molecule has 0 bridgehead atoms. The van der Waals surface area contributed by atoms with E-state index in [1.54, 1.807) is 16.7 Å². The Morgan fingerprint density at radius 3 is 2.50 bits per heavy atom. The lowest BCUT2D eigenvalue weighted by Gasteiger charge is -2.24. The van der Waals surface area contributed by atoms with Gasteiger partial charge in [-0.25, -0.2) is 0 Å². The first-order valence-corrected chi connectivity index (χ1v) is 7.80. The number of unbranched alkanes of at least 4 members (excludes halogenated alkanes) is 1. The summed E-state index contributed by atoms with van der Waals surface area (Å²) in [4.78, 5) is 0. The number of allylic oxidation sites excluding steroid dienone is 2. The lowest BCUT2D eigenvalue weighted by molar-refractivity contribution is 0.643. The second-order valence-electron chi connectivity index (χ2n) is 6.54. The monoisotopic (exact) mass is 264 g/mol. The molecule has 20 heavy (non-hydrogen) atoms. The highest BCUT2D eigenvalue weighted by Crippen LogP contribution is 2.50. The van der Waals surface area contributed by atoms with Gasteiger partial charge in [-0.2, -0.15) is 0 Å². The van der Waals surface area contributed by atoms with Crippen LogP contribution in [0.15, 0.2) is 42.0 Å². The van der Waals surface area contributed by atoms with Gasteiger partial charge in [-0.15, -0.1) is 0 Å². The Kier molecular flexibility index (Phi) is 3.20. The minimum absolute atomic E-state index is 0.166. The molecule has 0 atom stereocenters. The van der Waals surface area contributed by atoms with E-state index >= 15 is 0 Å². The highest BCUT2D eigenvalue weighted by Gasteiger charge is 2.35. The van der Waals surface area contributed by atoms with Gasteiger partial charge in [0, 0.05) is 5.41 Å². The fraction of sp³-hybridized carbons (Fsp3) is 0.400. The molecule has 0 heteroatoms. The van der Waals surface area contributed by atoms with E-state index in [9.17, 15) is 0 Å². The predicted octanol–water partition coefficient (Wildman–Crippen LogP) is 6.09. The van der Waals surface area contributed by atoms with Crippen molar-refractivity contribution in [1.29, 1.82) is 0 Å². The van der Waals surface area contributed by atoms with Crippen molar-refractivity contribution in [1.82, 2.24) is 0 Å². The second kappa shape index (κ2) is 4.77. The van der Waals surface area contributed by atoms with Crippen molar-refractivity contribution in [2.75, 3.05) is 0 Å². The van der Waals surface area contributed by atoms with Gasteiger partial charge in [-0.1, -0.05) is 69.2 Å². The molecule has 0 heterocycles. The first-order chi connectivity index (χ1) is 9.57. The van der Waals surface area contributed by atoms with E-state index in [-0.39, 0.29) is 5.41 Å². The number of rotatable bonds is 3. The van der Waals surface area contributed by atoms with Gasteiger partial charge < -0.3 is 0 Å². The van der Waals surface area contributed by atoms with Crippen LogP contribution < -0.4 is 0 Å². The molecule has 0 radical (unpaired) electrons. The van der Waals surface area contributed by atoms with Gasteiger partial charge >= 0.3 is 0 Å². The third-order valence-electron chi connectivity index (χ3n) is 5.05. The molecular formula is C20H24. The topological polar surface area (TPSA) is 0 Å². The minimum Gasteiger partial charge on any atom is -0.0654 e. The van der Waals surface area contributed by atoms with E-state index < -0.39 is 0 Å². The molecule has 0 saturated carbocycles. The average Bonchev–Trinajstić information content (AvgIpc) is 2.65. The van der Waals surface area contributed by atoms with Crippen LogP contribution in [0.25, 0.3) is 16.3 Å². The van der Waals surface area contributed by atoms with Gasteiger partial charge in [-0.3, -0.25) is 0 Å². The Bertz CT molecular complexity index is 686. The molecule has 0 unspecified atom stereocenters. The van der Waals surface area contributed by atoms with Crippen molar-refractivity contribution in [3.8, 4) is 0 Å². The first kappa shape index (κ1) is 13.4. The number of hydrogen-bond acceptors (Lipinski definition) is 0. The fourth-order valence-electron chi connectivity index (χ4n) is 3.64. The molecule has 1 aliphatic carbocycles. The van der Waals surface area contributed by atoms with Gasteiger partial charge in [0.25, 0.3) is 0 Å². The quantitative estimate of drug-likeness (QED) is 0.628. The Morgan fingerprint density at radius 1 is 1.00 bits per heavy atom. The first-order valence-electron chi connectivity index (χ1n) is 7.80. The lowest BCUT2D eigenvalue weighted by Crippen LogP contribution is -2.16. The Labute approximate surface area is 122 Å². The molecular weight excluding hydrogens is 240 g/mol.